The van der Waals surface area contributed by atoms with Gasteiger partial charge in [-0.05, 0) is 35.9 Å². The Kier molecular flexibility index (Phi) is 6.09. The molecule has 170 valence electrons. The number of carbonyl (C=O) groups is 1. The normalized spacial score (nSPS) is 17.0. The first-order valence-electron chi connectivity index (χ1n) is 10.7. The van der Waals surface area contributed by atoms with Crippen molar-refractivity contribution >= 4 is 29.3 Å². The van der Waals surface area contributed by atoms with Gasteiger partial charge in [0.15, 0.2) is 0 Å². The molecule has 2 aromatic carbocycles. The largest absolute Gasteiger partial charge is 0.328 e. The first kappa shape index (κ1) is 21.8. The molecule has 0 aliphatic carbocycles. The molecule has 5 rings (SSSR count). The number of halogens is 1. The zero-order chi connectivity index (χ0) is 23.5. The third-order valence-corrected chi connectivity index (χ3v) is 6.35. The standard InChI is InChI=1S/C25H21FN6OS/c1-16-21(23(33)29-18-10-3-2-4-11-18)22(20-13-7-8-14-27-20)32-24(28-16)30-25(31-32)34-15-17-9-5-6-12-19(17)26/h2-14,21-22H,1,15H2,(H,29,33)(H,28,30,31). The van der Waals surface area contributed by atoms with Gasteiger partial charge in [0, 0.05) is 23.3 Å². The van der Waals surface area contributed by atoms with Crippen molar-refractivity contribution in [3.05, 3.63) is 108 Å². The fraction of sp³-hybridized carbons (Fsp3) is 0.120. The van der Waals surface area contributed by atoms with E-state index in [2.05, 4.69) is 32.3 Å². The number of pyridine rings is 1. The number of thioether (sulfide) groups is 1. The highest BCUT2D eigenvalue weighted by Crippen LogP contribution is 2.38. The van der Waals surface area contributed by atoms with E-state index in [1.54, 1.807) is 29.1 Å². The fourth-order valence-electron chi connectivity index (χ4n) is 3.84. The highest BCUT2D eigenvalue weighted by molar-refractivity contribution is 7.98. The summed E-state index contributed by atoms with van der Waals surface area (Å²) in [5.74, 6) is -0.354. The highest BCUT2D eigenvalue weighted by atomic mass is 32.2. The third-order valence-electron chi connectivity index (χ3n) is 5.47. The average Bonchev–Trinajstić information content (AvgIpc) is 3.26. The summed E-state index contributed by atoms with van der Waals surface area (Å²) in [6, 6.07) is 20.8. The van der Waals surface area contributed by atoms with Crippen molar-refractivity contribution in [2.45, 2.75) is 17.0 Å². The van der Waals surface area contributed by atoms with E-state index in [0.717, 1.165) is 0 Å². The Morgan fingerprint density at radius 1 is 1.09 bits per heavy atom. The van der Waals surface area contributed by atoms with Gasteiger partial charge in [0.05, 0.1) is 5.69 Å². The lowest BCUT2D eigenvalue weighted by molar-refractivity contribution is -0.119. The molecule has 2 N–H and O–H groups in total. The van der Waals surface area contributed by atoms with Crippen molar-refractivity contribution in [3.8, 4) is 0 Å². The minimum Gasteiger partial charge on any atom is -0.328 e. The van der Waals surface area contributed by atoms with E-state index in [-0.39, 0.29) is 11.7 Å². The number of aromatic nitrogens is 4. The summed E-state index contributed by atoms with van der Waals surface area (Å²) >= 11 is 1.32. The second-order valence-electron chi connectivity index (χ2n) is 7.73. The first-order valence-corrected chi connectivity index (χ1v) is 11.6. The summed E-state index contributed by atoms with van der Waals surface area (Å²) in [5.41, 5.74) is 2.41. The van der Waals surface area contributed by atoms with Crippen LogP contribution in [0.4, 0.5) is 16.0 Å². The lowest BCUT2D eigenvalue weighted by atomic mass is 9.91. The molecule has 2 atom stereocenters. The van der Waals surface area contributed by atoms with Crippen molar-refractivity contribution in [1.82, 2.24) is 19.7 Å². The van der Waals surface area contributed by atoms with Gasteiger partial charge in [-0.2, -0.15) is 4.98 Å². The molecule has 7 nitrogen and oxygen atoms in total. The van der Waals surface area contributed by atoms with Crippen LogP contribution >= 0.6 is 11.8 Å². The summed E-state index contributed by atoms with van der Waals surface area (Å²) in [6.07, 6.45) is 1.68. The zero-order valence-electron chi connectivity index (χ0n) is 18.1. The lowest BCUT2D eigenvalue weighted by Crippen LogP contribution is -2.39. The van der Waals surface area contributed by atoms with Crippen LogP contribution < -0.4 is 10.6 Å². The van der Waals surface area contributed by atoms with Gasteiger partial charge in [0.25, 0.3) is 0 Å². The van der Waals surface area contributed by atoms with E-state index >= 15 is 0 Å². The molecule has 1 amide bonds. The number of nitrogens with one attached hydrogen (secondary N) is 2. The minimum absolute atomic E-state index is 0.235. The van der Waals surface area contributed by atoms with Crippen LogP contribution in [0.2, 0.25) is 0 Å². The number of hydrogen-bond acceptors (Lipinski definition) is 6. The number of benzene rings is 2. The van der Waals surface area contributed by atoms with E-state index in [9.17, 15) is 9.18 Å². The van der Waals surface area contributed by atoms with Crippen LogP contribution in [0, 0.1) is 11.7 Å². The van der Waals surface area contributed by atoms with Crippen molar-refractivity contribution in [2.24, 2.45) is 5.92 Å². The Hall–Kier alpha value is -3.98. The lowest BCUT2D eigenvalue weighted by Gasteiger charge is -2.33. The Labute approximate surface area is 200 Å². The molecule has 0 saturated carbocycles. The van der Waals surface area contributed by atoms with Gasteiger partial charge in [0.1, 0.15) is 17.8 Å². The molecule has 1 aliphatic heterocycles. The summed E-state index contributed by atoms with van der Waals surface area (Å²) in [4.78, 5) is 22.4. The number of carbonyl (C=O) groups excluding carboxylic acids is 1. The molecule has 0 saturated heterocycles. The summed E-state index contributed by atoms with van der Waals surface area (Å²) < 4.78 is 15.7. The van der Waals surface area contributed by atoms with E-state index in [0.29, 0.717) is 39.5 Å². The van der Waals surface area contributed by atoms with Crippen molar-refractivity contribution in [2.75, 3.05) is 10.6 Å². The molecule has 4 aromatic rings. The molecule has 3 heterocycles. The highest BCUT2D eigenvalue weighted by Gasteiger charge is 2.41. The Morgan fingerprint density at radius 3 is 2.62 bits per heavy atom. The number of nitrogens with zero attached hydrogens (tertiary/aromatic N) is 4. The molecule has 0 bridgehead atoms. The third kappa shape index (κ3) is 4.42. The van der Waals surface area contributed by atoms with Crippen molar-refractivity contribution in [3.63, 3.8) is 0 Å². The van der Waals surface area contributed by atoms with Crippen LogP contribution in [0.15, 0.2) is 96.4 Å². The molecule has 2 unspecified atom stereocenters. The predicted octanol–water partition coefficient (Wildman–Crippen LogP) is 4.89. The average molecular weight is 473 g/mol. The number of hydrogen-bond donors (Lipinski definition) is 2. The maximum atomic E-state index is 14.0. The first-order chi connectivity index (χ1) is 16.6. The van der Waals surface area contributed by atoms with Crippen LogP contribution in [0.3, 0.4) is 0 Å². The maximum absolute atomic E-state index is 14.0. The van der Waals surface area contributed by atoms with E-state index in [1.165, 1.54) is 17.8 Å². The second-order valence-corrected chi connectivity index (χ2v) is 8.67. The predicted molar refractivity (Wildman–Crippen MR) is 130 cm³/mol. The van der Waals surface area contributed by atoms with Gasteiger partial charge in [-0.25, -0.2) is 9.07 Å². The molecular formula is C25H21FN6OS. The second kappa shape index (κ2) is 9.48. The van der Waals surface area contributed by atoms with Gasteiger partial charge < -0.3 is 10.6 Å². The smallest absolute Gasteiger partial charge is 0.236 e. The van der Waals surface area contributed by atoms with Crippen LogP contribution in [0.1, 0.15) is 17.3 Å². The number of anilines is 2. The van der Waals surface area contributed by atoms with Gasteiger partial charge in [-0.1, -0.05) is 60.8 Å². The molecular weight excluding hydrogens is 451 g/mol. The molecule has 2 aromatic heterocycles. The SMILES string of the molecule is C=C1Nc2nc(SCc3ccccc3F)nn2C(c2ccccn2)C1C(=O)Nc1ccccc1. The zero-order valence-corrected chi connectivity index (χ0v) is 18.9. The van der Waals surface area contributed by atoms with Crippen LogP contribution in [-0.4, -0.2) is 25.7 Å². The summed E-state index contributed by atoms with van der Waals surface area (Å²) in [7, 11) is 0. The Balaban J connectivity index is 1.47. The van der Waals surface area contributed by atoms with Crippen molar-refractivity contribution < 1.29 is 9.18 Å². The van der Waals surface area contributed by atoms with Crippen LogP contribution in [0.25, 0.3) is 0 Å². The van der Waals surface area contributed by atoms with Gasteiger partial charge in [-0.3, -0.25) is 9.78 Å². The van der Waals surface area contributed by atoms with Gasteiger partial charge in [0.2, 0.25) is 17.0 Å². The quantitative estimate of drug-likeness (QED) is 0.389. The number of amides is 1. The van der Waals surface area contributed by atoms with E-state index in [4.69, 9.17) is 0 Å². The topological polar surface area (TPSA) is 84.7 Å². The minimum atomic E-state index is -0.686. The van der Waals surface area contributed by atoms with Crippen LogP contribution in [0.5, 0.6) is 0 Å². The van der Waals surface area contributed by atoms with Crippen molar-refractivity contribution in [1.29, 1.82) is 0 Å². The Morgan fingerprint density at radius 2 is 1.85 bits per heavy atom. The monoisotopic (exact) mass is 472 g/mol. The maximum Gasteiger partial charge on any atom is 0.236 e. The van der Waals surface area contributed by atoms with E-state index < -0.39 is 12.0 Å². The molecule has 9 heteroatoms. The number of para-hydroxylation sites is 1. The number of fused-ring (bicyclic) bond motifs is 1. The Bertz CT molecular complexity index is 1330. The summed E-state index contributed by atoms with van der Waals surface area (Å²) in [6.45, 7) is 4.11. The summed E-state index contributed by atoms with van der Waals surface area (Å²) in [5, 5.41) is 11.2. The molecule has 0 radical (unpaired) electrons. The molecule has 0 fully saturated rings. The fourth-order valence-corrected chi connectivity index (χ4v) is 4.66. The molecule has 34 heavy (non-hydrogen) atoms. The molecule has 0 spiro atoms. The molecule has 1 aliphatic rings. The van der Waals surface area contributed by atoms with Crippen LogP contribution in [-0.2, 0) is 10.5 Å². The van der Waals surface area contributed by atoms with Gasteiger partial charge in [-0.15, -0.1) is 5.10 Å². The van der Waals surface area contributed by atoms with E-state index in [1.807, 2.05) is 48.5 Å². The number of rotatable bonds is 6. The van der Waals surface area contributed by atoms with Gasteiger partial charge >= 0.3 is 0 Å².